The van der Waals surface area contributed by atoms with E-state index in [0.29, 0.717) is 4.90 Å². The van der Waals surface area contributed by atoms with Crippen molar-refractivity contribution in [1.29, 1.82) is 0 Å². The summed E-state index contributed by atoms with van der Waals surface area (Å²) < 4.78 is 0. The quantitative estimate of drug-likeness (QED) is 0.462. The van der Waals surface area contributed by atoms with Gasteiger partial charge in [0.2, 0.25) is 5.91 Å². The van der Waals surface area contributed by atoms with Gasteiger partial charge in [0.15, 0.2) is 0 Å². The summed E-state index contributed by atoms with van der Waals surface area (Å²) in [5.41, 5.74) is -0.160. The Bertz CT molecular complexity index is 596. The average Bonchev–Trinajstić information content (AvgIpc) is 2.44. The van der Waals surface area contributed by atoms with Gasteiger partial charge in [0.05, 0.1) is 21.5 Å². The zero-order valence-electron chi connectivity index (χ0n) is 12.0. The number of benzene rings is 1. The van der Waals surface area contributed by atoms with Gasteiger partial charge in [-0.05, 0) is 12.1 Å². The molecule has 1 N–H and O–H groups in total. The van der Waals surface area contributed by atoms with Crippen molar-refractivity contribution in [3.63, 3.8) is 0 Å². The van der Waals surface area contributed by atoms with Crippen LogP contribution in [0.3, 0.4) is 0 Å². The third-order valence-electron chi connectivity index (χ3n) is 2.86. The van der Waals surface area contributed by atoms with E-state index in [2.05, 4.69) is 0 Å². The van der Waals surface area contributed by atoms with Crippen LogP contribution in [0.5, 0.6) is 0 Å². The lowest BCUT2D eigenvalue weighted by atomic mass is 10.2. The summed E-state index contributed by atoms with van der Waals surface area (Å²) in [5.74, 6) is -1.99. The van der Waals surface area contributed by atoms with Gasteiger partial charge in [0.25, 0.3) is 5.69 Å². The molecule has 1 aromatic rings. The standard InChI is InChI=1S/C13H15ClN2O5S/c1-8(13(18)19)6-15(2)12(17)7-22-11-4-3-9(14)5-10(11)16(20)21/h3-5,8H,6-7H2,1-2H3,(H,18,19). The Hall–Kier alpha value is -1.80. The first-order valence-corrected chi connectivity index (χ1v) is 7.62. The number of amides is 1. The molecule has 1 unspecified atom stereocenters. The van der Waals surface area contributed by atoms with Crippen molar-refractivity contribution in [3.05, 3.63) is 33.3 Å². The number of hydrogen-bond donors (Lipinski definition) is 1. The molecule has 0 radical (unpaired) electrons. The van der Waals surface area contributed by atoms with Crippen LogP contribution in [0.2, 0.25) is 5.02 Å². The molecule has 0 spiro atoms. The normalized spacial score (nSPS) is 11.8. The molecule has 0 heterocycles. The number of halogens is 1. The van der Waals surface area contributed by atoms with Crippen molar-refractivity contribution < 1.29 is 19.6 Å². The van der Waals surface area contributed by atoms with Crippen LogP contribution in [0.4, 0.5) is 5.69 Å². The van der Waals surface area contributed by atoms with Gasteiger partial charge in [-0.2, -0.15) is 0 Å². The summed E-state index contributed by atoms with van der Waals surface area (Å²) in [6.07, 6.45) is 0. The number of nitrogens with zero attached hydrogens (tertiary/aromatic N) is 2. The molecule has 0 aliphatic rings. The predicted octanol–water partition coefficient (Wildman–Crippen LogP) is 2.52. The Balaban J connectivity index is 2.68. The van der Waals surface area contributed by atoms with Crippen LogP contribution in [0.1, 0.15) is 6.92 Å². The second kappa shape index (κ2) is 8.00. The van der Waals surface area contributed by atoms with Gasteiger partial charge in [-0.3, -0.25) is 19.7 Å². The molecular formula is C13H15ClN2O5S. The fraction of sp³-hybridized carbons (Fsp3) is 0.385. The molecule has 1 aromatic carbocycles. The molecule has 0 saturated carbocycles. The number of nitro benzene ring substituents is 1. The lowest BCUT2D eigenvalue weighted by Crippen LogP contribution is -2.34. The minimum atomic E-state index is -0.986. The molecule has 22 heavy (non-hydrogen) atoms. The molecule has 1 atom stereocenters. The molecular weight excluding hydrogens is 332 g/mol. The smallest absolute Gasteiger partial charge is 0.308 e. The zero-order valence-corrected chi connectivity index (χ0v) is 13.6. The van der Waals surface area contributed by atoms with Crippen LogP contribution < -0.4 is 0 Å². The number of carboxylic acid groups (broad SMARTS) is 1. The predicted molar refractivity (Wildman–Crippen MR) is 83.3 cm³/mol. The van der Waals surface area contributed by atoms with Gasteiger partial charge in [0.1, 0.15) is 0 Å². The summed E-state index contributed by atoms with van der Waals surface area (Å²) in [6.45, 7) is 1.58. The van der Waals surface area contributed by atoms with E-state index in [9.17, 15) is 19.7 Å². The minimum absolute atomic E-state index is 0.0225. The van der Waals surface area contributed by atoms with Crippen molar-refractivity contribution >= 4 is 40.9 Å². The van der Waals surface area contributed by atoms with E-state index in [1.807, 2.05) is 0 Å². The highest BCUT2D eigenvalue weighted by Crippen LogP contribution is 2.31. The number of carbonyl (C=O) groups is 2. The SMILES string of the molecule is CC(CN(C)C(=O)CSc1ccc(Cl)cc1[N+](=O)[O-])C(=O)O. The van der Waals surface area contributed by atoms with Gasteiger partial charge in [-0.1, -0.05) is 18.5 Å². The van der Waals surface area contributed by atoms with E-state index < -0.39 is 16.8 Å². The number of hydrogen-bond acceptors (Lipinski definition) is 5. The third-order valence-corrected chi connectivity index (χ3v) is 4.15. The average molecular weight is 347 g/mol. The van der Waals surface area contributed by atoms with Gasteiger partial charge in [0, 0.05) is 24.7 Å². The fourth-order valence-corrected chi connectivity index (χ4v) is 2.71. The highest BCUT2D eigenvalue weighted by atomic mass is 35.5. The lowest BCUT2D eigenvalue weighted by Gasteiger charge is -2.19. The van der Waals surface area contributed by atoms with Gasteiger partial charge >= 0.3 is 5.97 Å². The Morgan fingerprint density at radius 2 is 2.14 bits per heavy atom. The molecule has 0 aliphatic carbocycles. The maximum atomic E-state index is 11.9. The van der Waals surface area contributed by atoms with Crippen LogP contribution in [-0.2, 0) is 9.59 Å². The molecule has 9 heteroatoms. The Morgan fingerprint density at radius 3 is 2.68 bits per heavy atom. The van der Waals surface area contributed by atoms with E-state index >= 15 is 0 Å². The van der Waals surface area contributed by atoms with E-state index in [4.69, 9.17) is 16.7 Å². The van der Waals surface area contributed by atoms with Crippen LogP contribution in [0, 0.1) is 16.0 Å². The lowest BCUT2D eigenvalue weighted by molar-refractivity contribution is -0.387. The molecule has 1 amide bonds. The number of nitro groups is 1. The third kappa shape index (κ3) is 5.19. The summed E-state index contributed by atoms with van der Waals surface area (Å²) in [6, 6.07) is 4.22. The van der Waals surface area contributed by atoms with E-state index in [-0.39, 0.29) is 28.9 Å². The summed E-state index contributed by atoms with van der Waals surface area (Å²) in [4.78, 5) is 34.7. The Morgan fingerprint density at radius 1 is 1.50 bits per heavy atom. The van der Waals surface area contributed by atoms with Crippen LogP contribution in [0.25, 0.3) is 0 Å². The zero-order chi connectivity index (χ0) is 16.9. The van der Waals surface area contributed by atoms with Crippen molar-refractivity contribution in [3.8, 4) is 0 Å². The van der Waals surface area contributed by atoms with Crippen LogP contribution in [0.15, 0.2) is 23.1 Å². The first kappa shape index (κ1) is 18.2. The fourth-order valence-electron chi connectivity index (χ4n) is 1.60. The second-order valence-electron chi connectivity index (χ2n) is 4.67. The van der Waals surface area contributed by atoms with E-state index in [1.54, 1.807) is 0 Å². The number of carboxylic acids is 1. The molecule has 0 aromatic heterocycles. The monoisotopic (exact) mass is 346 g/mol. The molecule has 0 aliphatic heterocycles. The van der Waals surface area contributed by atoms with Crippen molar-refractivity contribution in [2.24, 2.45) is 5.92 Å². The Labute approximate surface area is 136 Å². The molecule has 0 saturated heterocycles. The Kier molecular flexibility index (Phi) is 6.63. The van der Waals surface area contributed by atoms with Crippen molar-refractivity contribution in [2.75, 3.05) is 19.3 Å². The summed E-state index contributed by atoms with van der Waals surface area (Å²) in [5, 5.41) is 20.0. The largest absolute Gasteiger partial charge is 0.481 e. The maximum Gasteiger partial charge on any atom is 0.308 e. The number of thioether (sulfide) groups is 1. The first-order chi connectivity index (χ1) is 10.2. The summed E-state index contributed by atoms with van der Waals surface area (Å²) in [7, 11) is 1.50. The number of rotatable bonds is 7. The first-order valence-electron chi connectivity index (χ1n) is 6.26. The maximum absolute atomic E-state index is 11.9. The van der Waals surface area contributed by atoms with Gasteiger partial charge in [-0.25, -0.2) is 0 Å². The highest BCUT2D eigenvalue weighted by Gasteiger charge is 2.20. The van der Waals surface area contributed by atoms with E-state index in [0.717, 1.165) is 11.8 Å². The molecule has 0 bridgehead atoms. The second-order valence-corrected chi connectivity index (χ2v) is 6.12. The highest BCUT2D eigenvalue weighted by molar-refractivity contribution is 8.00. The summed E-state index contributed by atoms with van der Waals surface area (Å²) >= 11 is 6.73. The molecule has 1 rings (SSSR count). The van der Waals surface area contributed by atoms with Crippen molar-refractivity contribution in [1.82, 2.24) is 4.90 Å². The molecule has 7 nitrogen and oxygen atoms in total. The topological polar surface area (TPSA) is 101 Å². The van der Waals surface area contributed by atoms with Gasteiger partial charge in [-0.15, -0.1) is 11.8 Å². The molecule has 120 valence electrons. The van der Waals surface area contributed by atoms with E-state index in [1.165, 1.54) is 37.1 Å². The number of carbonyl (C=O) groups excluding carboxylic acids is 1. The molecule has 0 fully saturated rings. The van der Waals surface area contributed by atoms with Crippen LogP contribution in [-0.4, -0.2) is 46.2 Å². The minimum Gasteiger partial charge on any atom is -0.481 e. The number of aliphatic carboxylic acids is 1. The van der Waals surface area contributed by atoms with Gasteiger partial charge < -0.3 is 10.0 Å². The van der Waals surface area contributed by atoms with Crippen LogP contribution >= 0.6 is 23.4 Å². The van der Waals surface area contributed by atoms with Crippen molar-refractivity contribution in [2.45, 2.75) is 11.8 Å².